The van der Waals surface area contributed by atoms with Crippen LogP contribution in [0, 0.1) is 10.8 Å². The van der Waals surface area contributed by atoms with Crippen LogP contribution in [0.4, 0.5) is 0 Å². The summed E-state index contributed by atoms with van der Waals surface area (Å²) in [5.41, 5.74) is 7.04. The van der Waals surface area contributed by atoms with Gasteiger partial charge >= 0.3 is 0 Å². The predicted molar refractivity (Wildman–Crippen MR) is 76.4 cm³/mol. The quantitative estimate of drug-likeness (QED) is 0.851. The molecule has 0 unspecified atom stereocenters. The highest BCUT2D eigenvalue weighted by Crippen LogP contribution is 2.46. The van der Waals surface area contributed by atoms with Crippen LogP contribution in [0.1, 0.15) is 50.8 Å². The largest absolute Gasteiger partial charge is 0.330 e. The fraction of sp³-hybridized carbons (Fsp3) is 0.733. The third-order valence-electron chi connectivity index (χ3n) is 4.58. The first-order valence-electron chi connectivity index (χ1n) is 6.78. The van der Waals surface area contributed by atoms with Crippen molar-refractivity contribution >= 4 is 11.3 Å². The van der Waals surface area contributed by atoms with E-state index >= 15 is 0 Å². The van der Waals surface area contributed by atoms with Gasteiger partial charge < -0.3 is 5.73 Å². The van der Waals surface area contributed by atoms with Gasteiger partial charge in [-0.1, -0.05) is 19.9 Å². The van der Waals surface area contributed by atoms with E-state index in [4.69, 9.17) is 5.73 Å². The van der Waals surface area contributed by atoms with Crippen molar-refractivity contribution in [3.05, 3.63) is 22.4 Å². The number of nitrogens with two attached hydrogens (primary N) is 1. The maximum absolute atomic E-state index is 6.07. The summed E-state index contributed by atoms with van der Waals surface area (Å²) in [6.07, 6.45) is 7.82. The van der Waals surface area contributed by atoms with E-state index < -0.39 is 0 Å². The average molecular weight is 251 g/mol. The molecule has 0 spiro atoms. The minimum atomic E-state index is 0.430. The molecule has 1 nitrogen and oxygen atoms in total. The van der Waals surface area contributed by atoms with Crippen LogP contribution in [0.5, 0.6) is 0 Å². The van der Waals surface area contributed by atoms with Crippen molar-refractivity contribution in [2.45, 2.75) is 52.4 Å². The highest BCUT2D eigenvalue weighted by molar-refractivity contribution is 7.09. The molecule has 0 atom stereocenters. The van der Waals surface area contributed by atoms with E-state index in [0.717, 1.165) is 6.54 Å². The van der Waals surface area contributed by atoms with Crippen molar-refractivity contribution in [1.82, 2.24) is 0 Å². The number of hydrogen-bond donors (Lipinski definition) is 1. The molecular formula is C15H25NS. The highest BCUT2D eigenvalue weighted by atomic mass is 32.1. The zero-order chi connectivity index (χ0) is 12.4. The Labute approximate surface area is 109 Å². The van der Waals surface area contributed by atoms with Gasteiger partial charge in [-0.2, -0.15) is 0 Å². The maximum atomic E-state index is 6.07. The topological polar surface area (TPSA) is 26.0 Å². The van der Waals surface area contributed by atoms with Crippen LogP contribution in [0.3, 0.4) is 0 Å². The number of hydrogen-bond acceptors (Lipinski definition) is 2. The Bertz CT molecular complexity index is 330. The van der Waals surface area contributed by atoms with Crippen molar-refractivity contribution in [1.29, 1.82) is 0 Å². The molecule has 0 aromatic carbocycles. The summed E-state index contributed by atoms with van der Waals surface area (Å²) in [7, 11) is 0. The Kier molecular flexibility index (Phi) is 3.94. The Hall–Kier alpha value is -0.340. The lowest BCUT2D eigenvalue weighted by Crippen LogP contribution is -2.37. The standard InChI is InChI=1S/C15H25NS/c1-14(2)7-9-15(12-16,10-8-14)6-5-13-4-3-11-17-13/h3-4,11H,5-10,12,16H2,1-2H3. The molecule has 1 fully saturated rings. The molecule has 2 rings (SSSR count). The van der Waals surface area contributed by atoms with Crippen LogP contribution in [0.25, 0.3) is 0 Å². The zero-order valence-corrected chi connectivity index (χ0v) is 12.0. The fourth-order valence-electron chi connectivity index (χ4n) is 2.86. The molecule has 1 saturated carbocycles. The van der Waals surface area contributed by atoms with E-state index in [2.05, 4.69) is 31.4 Å². The molecule has 0 radical (unpaired) electrons. The molecule has 0 amide bonds. The summed E-state index contributed by atoms with van der Waals surface area (Å²) in [5, 5.41) is 2.18. The van der Waals surface area contributed by atoms with Crippen LogP contribution < -0.4 is 5.73 Å². The first-order valence-corrected chi connectivity index (χ1v) is 7.66. The lowest BCUT2D eigenvalue weighted by Gasteiger charge is -2.43. The van der Waals surface area contributed by atoms with E-state index in [1.165, 1.54) is 43.4 Å². The van der Waals surface area contributed by atoms with Gasteiger partial charge in [-0.15, -0.1) is 11.3 Å². The molecule has 1 aliphatic carbocycles. The molecule has 1 aliphatic rings. The summed E-state index contributed by atoms with van der Waals surface area (Å²) >= 11 is 1.88. The normalized spacial score (nSPS) is 22.5. The van der Waals surface area contributed by atoms with Crippen LogP contribution in [0.2, 0.25) is 0 Å². The van der Waals surface area contributed by atoms with Gasteiger partial charge in [0.2, 0.25) is 0 Å². The van der Waals surface area contributed by atoms with E-state index in [1.54, 1.807) is 0 Å². The third-order valence-corrected chi connectivity index (χ3v) is 5.52. The third kappa shape index (κ3) is 3.32. The van der Waals surface area contributed by atoms with Crippen molar-refractivity contribution < 1.29 is 0 Å². The molecule has 0 saturated heterocycles. The summed E-state index contributed by atoms with van der Waals surface area (Å²) in [5.74, 6) is 0. The van der Waals surface area contributed by atoms with Crippen molar-refractivity contribution in [3.8, 4) is 0 Å². The molecular weight excluding hydrogens is 226 g/mol. The van der Waals surface area contributed by atoms with Gasteiger partial charge in [0, 0.05) is 4.88 Å². The van der Waals surface area contributed by atoms with Crippen LogP contribution >= 0.6 is 11.3 Å². The molecule has 96 valence electrons. The number of thiophene rings is 1. The van der Waals surface area contributed by atoms with Gasteiger partial charge in [-0.25, -0.2) is 0 Å². The van der Waals surface area contributed by atoms with E-state index in [-0.39, 0.29) is 0 Å². The van der Waals surface area contributed by atoms with E-state index in [9.17, 15) is 0 Å². The van der Waals surface area contributed by atoms with Gasteiger partial charge in [0.1, 0.15) is 0 Å². The average Bonchev–Trinajstić information content (AvgIpc) is 2.82. The Morgan fingerprint density at radius 2 is 1.94 bits per heavy atom. The second kappa shape index (κ2) is 5.11. The van der Waals surface area contributed by atoms with Gasteiger partial charge in [-0.05, 0) is 67.3 Å². The molecule has 1 aromatic heterocycles. The second-order valence-electron chi connectivity index (χ2n) is 6.45. The monoisotopic (exact) mass is 251 g/mol. The Balaban J connectivity index is 1.92. The van der Waals surface area contributed by atoms with Crippen molar-refractivity contribution in [2.24, 2.45) is 16.6 Å². The smallest absolute Gasteiger partial charge is 0.00454 e. The number of rotatable bonds is 4. The first-order chi connectivity index (χ1) is 8.05. The second-order valence-corrected chi connectivity index (χ2v) is 7.48. The van der Waals surface area contributed by atoms with Crippen LogP contribution in [-0.4, -0.2) is 6.54 Å². The zero-order valence-electron chi connectivity index (χ0n) is 11.2. The van der Waals surface area contributed by atoms with Crippen LogP contribution in [-0.2, 0) is 6.42 Å². The van der Waals surface area contributed by atoms with Gasteiger partial charge in [0.05, 0.1) is 0 Å². The van der Waals surface area contributed by atoms with Gasteiger partial charge in [0.25, 0.3) is 0 Å². The first kappa shape index (κ1) is 13.1. The molecule has 0 aliphatic heterocycles. The molecule has 0 bridgehead atoms. The molecule has 2 N–H and O–H groups in total. The molecule has 1 heterocycles. The van der Waals surface area contributed by atoms with E-state index in [1.807, 2.05) is 11.3 Å². The highest BCUT2D eigenvalue weighted by Gasteiger charge is 2.36. The molecule has 1 aromatic rings. The van der Waals surface area contributed by atoms with Crippen molar-refractivity contribution in [3.63, 3.8) is 0 Å². The minimum Gasteiger partial charge on any atom is -0.330 e. The summed E-state index contributed by atoms with van der Waals surface area (Å²) in [6, 6.07) is 4.40. The lowest BCUT2D eigenvalue weighted by molar-refractivity contribution is 0.0999. The van der Waals surface area contributed by atoms with Crippen molar-refractivity contribution in [2.75, 3.05) is 6.54 Å². The summed E-state index contributed by atoms with van der Waals surface area (Å²) < 4.78 is 0. The minimum absolute atomic E-state index is 0.430. The van der Waals surface area contributed by atoms with E-state index in [0.29, 0.717) is 10.8 Å². The molecule has 17 heavy (non-hydrogen) atoms. The van der Waals surface area contributed by atoms with Gasteiger partial charge in [0.15, 0.2) is 0 Å². The summed E-state index contributed by atoms with van der Waals surface area (Å²) in [6.45, 7) is 5.66. The molecule has 2 heteroatoms. The van der Waals surface area contributed by atoms with Gasteiger partial charge in [-0.3, -0.25) is 0 Å². The SMILES string of the molecule is CC1(C)CCC(CN)(CCc2cccs2)CC1. The maximum Gasteiger partial charge on any atom is 0.00454 e. The fourth-order valence-corrected chi connectivity index (χ4v) is 3.57. The van der Waals surface area contributed by atoms with Crippen LogP contribution in [0.15, 0.2) is 17.5 Å². The summed E-state index contributed by atoms with van der Waals surface area (Å²) in [4.78, 5) is 1.52. The number of aryl methyl sites for hydroxylation is 1. The predicted octanol–water partition coefficient (Wildman–Crippen LogP) is 4.23. The Morgan fingerprint density at radius 1 is 1.24 bits per heavy atom. The Morgan fingerprint density at radius 3 is 2.47 bits per heavy atom. The lowest BCUT2D eigenvalue weighted by atomic mass is 9.63.